The molecule has 1 atom stereocenters. The summed E-state index contributed by atoms with van der Waals surface area (Å²) >= 11 is 0. The van der Waals surface area contributed by atoms with E-state index in [-0.39, 0.29) is 23.8 Å². The molecule has 0 heterocycles. The summed E-state index contributed by atoms with van der Waals surface area (Å²) in [4.78, 5) is 15.6. The quantitative estimate of drug-likeness (QED) is 0.794. The number of ketones is 1. The Hall–Kier alpha value is -1.66. The van der Waals surface area contributed by atoms with Gasteiger partial charge in [-0.3, -0.25) is 4.79 Å². The molecule has 3 heteroatoms. The van der Waals surface area contributed by atoms with Gasteiger partial charge in [0.15, 0.2) is 11.5 Å². The van der Waals surface area contributed by atoms with Gasteiger partial charge < -0.3 is 5.32 Å². The van der Waals surface area contributed by atoms with Crippen LogP contribution >= 0.6 is 0 Å². The Bertz CT molecular complexity index is 455. The zero-order chi connectivity index (χ0) is 14.4. The smallest absolute Gasteiger partial charge is 0.187 e. The lowest BCUT2D eigenvalue weighted by molar-refractivity contribution is -0.124. The predicted molar refractivity (Wildman–Crippen MR) is 78.3 cm³/mol. The average molecular weight is 258 g/mol. The van der Waals surface area contributed by atoms with Crippen molar-refractivity contribution in [1.29, 1.82) is 0 Å². The molecule has 0 bridgehead atoms. The lowest BCUT2D eigenvalue weighted by Crippen LogP contribution is -2.44. The summed E-state index contributed by atoms with van der Waals surface area (Å²) in [6.45, 7) is 14.9. The van der Waals surface area contributed by atoms with E-state index in [0.717, 1.165) is 5.56 Å². The average Bonchev–Trinajstić information content (AvgIpc) is 2.37. The lowest BCUT2D eigenvalue weighted by atomic mass is 9.95. The second-order valence-corrected chi connectivity index (χ2v) is 5.41. The summed E-state index contributed by atoms with van der Waals surface area (Å²) in [7, 11) is 0. The Morgan fingerprint density at radius 1 is 1.21 bits per heavy atom. The van der Waals surface area contributed by atoms with E-state index < -0.39 is 0 Å². The molecule has 19 heavy (non-hydrogen) atoms. The van der Waals surface area contributed by atoms with E-state index in [1.807, 2.05) is 39.8 Å². The zero-order valence-corrected chi connectivity index (χ0v) is 12.1. The van der Waals surface area contributed by atoms with Crippen molar-refractivity contribution in [3.8, 4) is 0 Å². The van der Waals surface area contributed by atoms with Gasteiger partial charge in [0.25, 0.3) is 0 Å². The van der Waals surface area contributed by atoms with E-state index in [9.17, 15) is 4.79 Å². The zero-order valence-electron chi connectivity index (χ0n) is 12.1. The van der Waals surface area contributed by atoms with Crippen LogP contribution in [0, 0.1) is 12.5 Å². The number of nitrogens with one attached hydrogen (secondary N) is 1. The van der Waals surface area contributed by atoms with Crippen LogP contribution in [0.5, 0.6) is 0 Å². The van der Waals surface area contributed by atoms with Crippen molar-refractivity contribution in [2.24, 2.45) is 5.92 Å². The van der Waals surface area contributed by atoms with Crippen LogP contribution in [-0.4, -0.2) is 17.9 Å². The van der Waals surface area contributed by atoms with E-state index in [4.69, 9.17) is 6.57 Å². The van der Waals surface area contributed by atoms with Gasteiger partial charge in [0.2, 0.25) is 0 Å². The van der Waals surface area contributed by atoms with Gasteiger partial charge in [-0.15, -0.1) is 0 Å². The summed E-state index contributed by atoms with van der Waals surface area (Å²) in [5.41, 5.74) is 1.71. The maximum Gasteiger partial charge on any atom is 0.187 e. The highest BCUT2D eigenvalue weighted by Crippen LogP contribution is 2.15. The van der Waals surface area contributed by atoms with Crippen molar-refractivity contribution >= 4 is 11.5 Å². The molecule has 0 aliphatic carbocycles. The minimum Gasteiger partial charge on any atom is -0.305 e. The van der Waals surface area contributed by atoms with Gasteiger partial charge in [-0.1, -0.05) is 52.0 Å². The number of hydrogen-bond donors (Lipinski definition) is 1. The van der Waals surface area contributed by atoms with Crippen LogP contribution < -0.4 is 5.32 Å². The number of rotatable bonds is 6. The van der Waals surface area contributed by atoms with Crippen molar-refractivity contribution in [3.63, 3.8) is 0 Å². The maximum atomic E-state index is 12.2. The van der Waals surface area contributed by atoms with Crippen LogP contribution in [0.4, 0.5) is 5.69 Å². The van der Waals surface area contributed by atoms with Gasteiger partial charge in [-0.05, 0) is 12.0 Å². The molecule has 0 amide bonds. The van der Waals surface area contributed by atoms with Crippen LogP contribution in [0.15, 0.2) is 24.3 Å². The Balaban J connectivity index is 2.81. The van der Waals surface area contributed by atoms with E-state index in [2.05, 4.69) is 10.2 Å². The number of Topliss-reactive ketones (excluding diaryl/α,β-unsaturated/α-hetero) is 1. The van der Waals surface area contributed by atoms with E-state index in [1.165, 1.54) is 0 Å². The third-order valence-corrected chi connectivity index (χ3v) is 2.95. The van der Waals surface area contributed by atoms with Gasteiger partial charge in [0.05, 0.1) is 12.6 Å². The first-order valence-electron chi connectivity index (χ1n) is 6.70. The highest BCUT2D eigenvalue weighted by molar-refractivity contribution is 5.86. The highest BCUT2D eigenvalue weighted by atomic mass is 16.1. The van der Waals surface area contributed by atoms with Gasteiger partial charge >= 0.3 is 0 Å². The molecule has 1 rings (SSSR count). The number of nitrogens with zero attached hydrogens (tertiary/aromatic N) is 1. The van der Waals surface area contributed by atoms with E-state index in [0.29, 0.717) is 12.1 Å². The Kier molecular flexibility index (Phi) is 5.72. The van der Waals surface area contributed by atoms with E-state index >= 15 is 0 Å². The molecule has 1 N–H and O–H groups in total. The van der Waals surface area contributed by atoms with Gasteiger partial charge in [-0.25, -0.2) is 4.85 Å². The van der Waals surface area contributed by atoms with Crippen LogP contribution in [0.3, 0.4) is 0 Å². The Labute approximate surface area is 115 Å². The Morgan fingerprint density at radius 2 is 1.79 bits per heavy atom. The molecule has 0 radical (unpaired) electrons. The first-order valence-corrected chi connectivity index (χ1v) is 6.70. The van der Waals surface area contributed by atoms with Crippen LogP contribution in [0.2, 0.25) is 0 Å². The summed E-state index contributed by atoms with van der Waals surface area (Å²) in [6, 6.07) is 7.57. The molecule has 0 aliphatic heterocycles. The van der Waals surface area contributed by atoms with Gasteiger partial charge in [-0.2, -0.15) is 0 Å². The molecular weight excluding hydrogens is 236 g/mol. The first-order chi connectivity index (χ1) is 8.93. The summed E-state index contributed by atoms with van der Waals surface area (Å²) < 4.78 is 0. The van der Waals surface area contributed by atoms with Crippen LogP contribution in [-0.2, 0) is 11.2 Å². The normalized spacial score (nSPS) is 12.5. The predicted octanol–water partition coefficient (Wildman–Crippen LogP) is 3.37. The van der Waals surface area contributed by atoms with Crippen molar-refractivity contribution in [2.45, 2.75) is 46.2 Å². The number of hydrogen-bond acceptors (Lipinski definition) is 2. The fraction of sp³-hybridized carbons (Fsp3) is 0.500. The van der Waals surface area contributed by atoms with Crippen molar-refractivity contribution < 1.29 is 4.79 Å². The lowest BCUT2D eigenvalue weighted by Gasteiger charge is -2.22. The number of benzene rings is 1. The summed E-state index contributed by atoms with van der Waals surface area (Å²) in [6.07, 6.45) is 0.674. The molecule has 3 nitrogen and oxygen atoms in total. The number of carbonyl (C=O) groups excluding carboxylic acids is 1. The molecule has 1 aromatic carbocycles. The SMILES string of the molecule is [C-]#[N+]c1ccc(CC(NC(C)C)C(=O)C(C)C)cc1. The highest BCUT2D eigenvalue weighted by Gasteiger charge is 2.21. The monoisotopic (exact) mass is 258 g/mol. The van der Waals surface area contributed by atoms with Gasteiger partial charge in [0.1, 0.15) is 0 Å². The fourth-order valence-corrected chi connectivity index (χ4v) is 1.99. The van der Waals surface area contributed by atoms with Gasteiger partial charge in [0, 0.05) is 12.0 Å². The van der Waals surface area contributed by atoms with Crippen molar-refractivity contribution in [1.82, 2.24) is 5.32 Å². The van der Waals surface area contributed by atoms with Crippen molar-refractivity contribution in [3.05, 3.63) is 41.2 Å². The Morgan fingerprint density at radius 3 is 2.21 bits per heavy atom. The third kappa shape index (κ3) is 4.84. The van der Waals surface area contributed by atoms with Crippen LogP contribution in [0.25, 0.3) is 4.85 Å². The second-order valence-electron chi connectivity index (χ2n) is 5.41. The standard InChI is InChI=1S/C16H22N2O/c1-11(2)16(19)15(18-12(3)4)10-13-6-8-14(17-5)9-7-13/h6-9,11-12,15,18H,10H2,1-4H3. The van der Waals surface area contributed by atoms with Crippen LogP contribution in [0.1, 0.15) is 33.3 Å². The van der Waals surface area contributed by atoms with Crippen molar-refractivity contribution in [2.75, 3.05) is 0 Å². The molecule has 0 spiro atoms. The molecule has 0 saturated heterocycles. The molecular formula is C16H22N2O. The second kappa shape index (κ2) is 7.06. The molecule has 102 valence electrons. The molecule has 0 fully saturated rings. The molecule has 1 unspecified atom stereocenters. The van der Waals surface area contributed by atoms with E-state index in [1.54, 1.807) is 12.1 Å². The molecule has 0 aromatic heterocycles. The minimum absolute atomic E-state index is 0.0266. The molecule has 0 aliphatic rings. The molecule has 0 saturated carbocycles. The number of carbonyl (C=O) groups is 1. The summed E-state index contributed by atoms with van der Waals surface area (Å²) in [5.74, 6) is 0.265. The third-order valence-electron chi connectivity index (χ3n) is 2.95. The minimum atomic E-state index is -0.154. The topological polar surface area (TPSA) is 33.5 Å². The first kappa shape index (κ1) is 15.4. The fourth-order valence-electron chi connectivity index (χ4n) is 1.99. The summed E-state index contributed by atoms with van der Waals surface area (Å²) in [5, 5.41) is 3.33. The maximum absolute atomic E-state index is 12.2. The molecule has 1 aromatic rings. The largest absolute Gasteiger partial charge is 0.305 e.